The average molecular weight is 229 g/mol. The smallest absolute Gasteiger partial charge is 0.297 e. The van der Waals surface area contributed by atoms with Crippen molar-refractivity contribution in [2.45, 2.75) is 25.8 Å². The molecular weight excluding hydrogens is 216 g/mol. The Labute approximate surface area is 92.8 Å². The topological polar surface area (TPSA) is 44.1 Å². The van der Waals surface area contributed by atoms with Crippen LogP contribution in [0.5, 0.6) is 5.75 Å². The summed E-state index contributed by atoms with van der Waals surface area (Å²) in [5, 5.41) is 0.130. The van der Waals surface area contributed by atoms with Crippen molar-refractivity contribution in [1.82, 2.24) is 9.55 Å². The highest BCUT2D eigenvalue weighted by Crippen LogP contribution is 2.32. The number of ether oxygens (including phenoxy) is 1. The van der Waals surface area contributed by atoms with Crippen LogP contribution in [-0.2, 0) is 6.54 Å². The summed E-state index contributed by atoms with van der Waals surface area (Å²) >= 11 is 5.73. The van der Waals surface area contributed by atoms with Crippen LogP contribution in [0.3, 0.4) is 0 Å². The molecule has 1 fully saturated rings. The van der Waals surface area contributed by atoms with Gasteiger partial charge in [-0.15, -0.1) is 0 Å². The Kier molecular flexibility index (Phi) is 2.95. The summed E-state index contributed by atoms with van der Waals surface area (Å²) in [4.78, 5) is 15.7. The molecule has 1 aliphatic carbocycles. The van der Waals surface area contributed by atoms with Gasteiger partial charge in [0.15, 0.2) is 5.15 Å². The summed E-state index contributed by atoms with van der Waals surface area (Å²) in [6, 6.07) is 0. The minimum Gasteiger partial charge on any atom is -0.489 e. The molecule has 1 aromatic rings. The van der Waals surface area contributed by atoms with Gasteiger partial charge in [-0.25, -0.2) is 4.98 Å². The van der Waals surface area contributed by atoms with E-state index in [1.165, 1.54) is 26.3 Å². The summed E-state index contributed by atoms with van der Waals surface area (Å²) in [6.45, 7) is 0.698. The number of methoxy groups -OCH3 is 1. The summed E-state index contributed by atoms with van der Waals surface area (Å²) in [6.07, 6.45) is 5.09. The zero-order valence-electron chi connectivity index (χ0n) is 8.57. The molecule has 0 bridgehead atoms. The Morgan fingerprint density at radius 1 is 1.67 bits per heavy atom. The highest BCUT2D eigenvalue weighted by molar-refractivity contribution is 6.30. The third-order valence-electron chi connectivity index (χ3n) is 2.63. The van der Waals surface area contributed by atoms with Gasteiger partial charge in [-0.05, 0) is 12.3 Å². The molecule has 0 N–H and O–H groups in total. The molecule has 0 aromatic carbocycles. The second-order valence-electron chi connectivity index (χ2n) is 3.80. The first kappa shape index (κ1) is 10.5. The minimum atomic E-state index is -0.196. The largest absolute Gasteiger partial charge is 0.489 e. The van der Waals surface area contributed by atoms with E-state index in [4.69, 9.17) is 16.3 Å². The van der Waals surface area contributed by atoms with Crippen molar-refractivity contribution in [2.75, 3.05) is 7.11 Å². The Hall–Kier alpha value is -1.03. The van der Waals surface area contributed by atoms with Crippen LogP contribution in [0.15, 0.2) is 11.1 Å². The van der Waals surface area contributed by atoms with Gasteiger partial charge in [0.05, 0.1) is 13.4 Å². The predicted octanol–water partition coefficient (Wildman–Crippen LogP) is 1.71. The lowest BCUT2D eigenvalue weighted by molar-refractivity contribution is 0.397. The van der Waals surface area contributed by atoms with E-state index in [1.807, 2.05) is 0 Å². The summed E-state index contributed by atoms with van der Waals surface area (Å²) in [7, 11) is 1.43. The molecule has 0 saturated heterocycles. The van der Waals surface area contributed by atoms with Crippen LogP contribution >= 0.6 is 11.6 Å². The molecule has 1 saturated carbocycles. The molecule has 0 unspecified atom stereocenters. The van der Waals surface area contributed by atoms with Gasteiger partial charge in [-0.2, -0.15) is 0 Å². The van der Waals surface area contributed by atoms with Gasteiger partial charge < -0.3 is 4.74 Å². The summed E-state index contributed by atoms with van der Waals surface area (Å²) in [5.41, 5.74) is -0.196. The summed E-state index contributed by atoms with van der Waals surface area (Å²) < 4.78 is 6.47. The van der Waals surface area contributed by atoms with E-state index in [-0.39, 0.29) is 16.5 Å². The fraction of sp³-hybridized carbons (Fsp3) is 0.600. The number of aryl methyl sites for hydroxylation is 1. The fourth-order valence-electron chi connectivity index (χ4n) is 1.51. The Morgan fingerprint density at radius 3 is 3.00 bits per heavy atom. The molecule has 4 nitrogen and oxygen atoms in total. The number of nitrogens with zero attached hydrogens (tertiary/aromatic N) is 2. The lowest BCUT2D eigenvalue weighted by Crippen LogP contribution is -2.22. The van der Waals surface area contributed by atoms with Crippen LogP contribution in [0, 0.1) is 5.92 Å². The van der Waals surface area contributed by atoms with Gasteiger partial charge in [0.1, 0.15) is 0 Å². The monoisotopic (exact) mass is 228 g/mol. The van der Waals surface area contributed by atoms with Crippen molar-refractivity contribution < 1.29 is 4.74 Å². The first-order chi connectivity index (χ1) is 7.22. The van der Waals surface area contributed by atoms with Crippen molar-refractivity contribution >= 4 is 11.6 Å². The molecule has 0 spiro atoms. The van der Waals surface area contributed by atoms with E-state index in [0.717, 1.165) is 12.3 Å². The van der Waals surface area contributed by atoms with Crippen molar-refractivity contribution in [3.8, 4) is 5.75 Å². The van der Waals surface area contributed by atoms with Crippen molar-refractivity contribution in [1.29, 1.82) is 0 Å². The number of halogens is 1. The molecule has 0 atom stereocenters. The zero-order chi connectivity index (χ0) is 10.8. The molecule has 0 aliphatic heterocycles. The number of hydrogen-bond acceptors (Lipinski definition) is 3. The normalized spacial score (nSPS) is 15.3. The standard InChI is InChI=1S/C10H13ClN2O2/c1-15-8-9(11)12-6-13(10(8)14)5-4-7-2-3-7/h6-7H,2-5H2,1H3. The molecule has 1 heterocycles. The molecule has 15 heavy (non-hydrogen) atoms. The van der Waals surface area contributed by atoms with Crippen LogP contribution in [-0.4, -0.2) is 16.7 Å². The van der Waals surface area contributed by atoms with E-state index in [1.54, 1.807) is 4.57 Å². The van der Waals surface area contributed by atoms with Gasteiger partial charge in [0, 0.05) is 6.54 Å². The minimum absolute atomic E-state index is 0.130. The first-order valence-corrected chi connectivity index (χ1v) is 5.39. The molecule has 2 rings (SSSR count). The predicted molar refractivity (Wildman–Crippen MR) is 57.4 cm³/mol. The molecule has 5 heteroatoms. The van der Waals surface area contributed by atoms with E-state index in [0.29, 0.717) is 6.54 Å². The van der Waals surface area contributed by atoms with E-state index in [2.05, 4.69) is 4.98 Å². The van der Waals surface area contributed by atoms with Crippen molar-refractivity contribution in [3.63, 3.8) is 0 Å². The second-order valence-corrected chi connectivity index (χ2v) is 4.16. The van der Waals surface area contributed by atoms with Gasteiger partial charge in [-0.1, -0.05) is 24.4 Å². The number of hydrogen-bond donors (Lipinski definition) is 0. The molecule has 1 aliphatic rings. The van der Waals surface area contributed by atoms with Crippen LogP contribution in [0.25, 0.3) is 0 Å². The van der Waals surface area contributed by atoms with E-state index < -0.39 is 0 Å². The maximum atomic E-state index is 11.8. The van der Waals surface area contributed by atoms with E-state index in [9.17, 15) is 4.79 Å². The average Bonchev–Trinajstić information content (AvgIpc) is 3.01. The molecule has 0 radical (unpaired) electrons. The second kappa shape index (κ2) is 4.23. The quantitative estimate of drug-likeness (QED) is 0.737. The molecular formula is C10H13ClN2O2. The SMILES string of the molecule is COc1c(Cl)ncn(CCC2CC2)c1=O. The Morgan fingerprint density at radius 2 is 2.40 bits per heavy atom. The van der Waals surface area contributed by atoms with Crippen molar-refractivity contribution in [3.05, 3.63) is 21.8 Å². The van der Waals surface area contributed by atoms with Crippen LogP contribution in [0.1, 0.15) is 19.3 Å². The van der Waals surface area contributed by atoms with Gasteiger partial charge >= 0.3 is 0 Å². The molecule has 82 valence electrons. The van der Waals surface area contributed by atoms with E-state index >= 15 is 0 Å². The fourth-order valence-corrected chi connectivity index (χ4v) is 1.71. The van der Waals surface area contributed by atoms with Crippen LogP contribution in [0.4, 0.5) is 0 Å². The Balaban J connectivity index is 2.19. The van der Waals surface area contributed by atoms with Crippen molar-refractivity contribution in [2.24, 2.45) is 5.92 Å². The third-order valence-corrected chi connectivity index (χ3v) is 2.90. The van der Waals surface area contributed by atoms with Gasteiger partial charge in [0.2, 0.25) is 5.75 Å². The number of rotatable bonds is 4. The number of aromatic nitrogens is 2. The van der Waals surface area contributed by atoms with Crippen LogP contribution in [0.2, 0.25) is 5.15 Å². The maximum absolute atomic E-state index is 11.8. The first-order valence-electron chi connectivity index (χ1n) is 5.01. The Bertz CT molecular complexity index is 412. The molecule has 0 amide bonds. The van der Waals surface area contributed by atoms with Gasteiger partial charge in [0.25, 0.3) is 5.56 Å². The third kappa shape index (κ3) is 2.31. The highest BCUT2D eigenvalue weighted by atomic mass is 35.5. The lowest BCUT2D eigenvalue weighted by atomic mass is 10.3. The summed E-state index contributed by atoms with van der Waals surface area (Å²) in [5.74, 6) is 0.925. The zero-order valence-corrected chi connectivity index (χ0v) is 9.33. The van der Waals surface area contributed by atoms with Crippen LogP contribution < -0.4 is 10.3 Å². The maximum Gasteiger partial charge on any atom is 0.297 e. The molecule has 1 aromatic heterocycles. The lowest BCUT2D eigenvalue weighted by Gasteiger charge is -2.07. The van der Waals surface area contributed by atoms with Gasteiger partial charge in [-0.3, -0.25) is 9.36 Å². The highest BCUT2D eigenvalue weighted by Gasteiger charge is 2.21.